The van der Waals surface area contributed by atoms with Crippen LogP contribution in [-0.4, -0.2) is 10.9 Å². The Kier molecular flexibility index (Phi) is 3.97. The third-order valence-electron chi connectivity index (χ3n) is 2.61. The molecule has 2 rings (SSSR count). The zero-order valence-electron chi connectivity index (χ0n) is 10.4. The zero-order valence-corrected chi connectivity index (χ0v) is 11.2. The van der Waals surface area contributed by atoms with Crippen molar-refractivity contribution >= 4 is 23.3 Å². The summed E-state index contributed by atoms with van der Waals surface area (Å²) in [6.07, 6.45) is 0. The Hall–Kier alpha value is -2.45. The van der Waals surface area contributed by atoms with Crippen LogP contribution in [0, 0.1) is 24.1 Å². The van der Waals surface area contributed by atoms with Gasteiger partial charge in [0, 0.05) is 0 Å². The summed E-state index contributed by atoms with van der Waals surface area (Å²) in [7, 11) is 0. The monoisotopic (exact) mass is 289 g/mol. The molecule has 100 valence electrons. The van der Waals surface area contributed by atoms with Crippen LogP contribution in [0.2, 0.25) is 5.02 Å². The molecule has 4 nitrogen and oxygen atoms in total. The minimum Gasteiger partial charge on any atom is -0.307 e. The Bertz CT molecular complexity index is 725. The summed E-state index contributed by atoms with van der Waals surface area (Å²) < 4.78 is 13.0. The second-order valence-electron chi connectivity index (χ2n) is 4.02. The normalized spacial score (nSPS) is 9.90. The fraction of sp³-hybridized carbons (Fsp3) is 0.0714. The second-order valence-corrected chi connectivity index (χ2v) is 4.43. The van der Waals surface area contributed by atoms with E-state index in [1.807, 2.05) is 0 Å². The van der Waals surface area contributed by atoms with Crippen molar-refractivity contribution < 1.29 is 9.18 Å². The first-order valence-electron chi connectivity index (χ1n) is 5.65. The largest absolute Gasteiger partial charge is 0.307 e. The average molecular weight is 290 g/mol. The Morgan fingerprint density at radius 3 is 2.80 bits per heavy atom. The van der Waals surface area contributed by atoms with Gasteiger partial charge in [-0.15, -0.1) is 0 Å². The van der Waals surface area contributed by atoms with E-state index in [1.165, 1.54) is 6.07 Å². The number of hydrogen-bond donors (Lipinski definition) is 1. The molecule has 1 amide bonds. The molecule has 1 aromatic heterocycles. The smallest absolute Gasteiger partial charge is 0.258 e. The van der Waals surface area contributed by atoms with Crippen molar-refractivity contribution in [3.8, 4) is 6.07 Å². The van der Waals surface area contributed by atoms with Gasteiger partial charge in [-0.25, -0.2) is 9.37 Å². The number of nitrogens with zero attached hydrogens (tertiary/aromatic N) is 2. The number of anilines is 1. The van der Waals surface area contributed by atoms with Gasteiger partial charge in [0.15, 0.2) is 0 Å². The number of hydrogen-bond acceptors (Lipinski definition) is 3. The quantitative estimate of drug-likeness (QED) is 0.922. The molecule has 0 bridgehead atoms. The van der Waals surface area contributed by atoms with Gasteiger partial charge in [0.05, 0.1) is 21.8 Å². The van der Waals surface area contributed by atoms with Gasteiger partial charge in [-0.2, -0.15) is 5.26 Å². The molecular weight excluding hydrogens is 281 g/mol. The number of carbonyl (C=O) groups is 1. The van der Waals surface area contributed by atoms with Gasteiger partial charge in [-0.1, -0.05) is 11.6 Å². The van der Waals surface area contributed by atoms with Crippen molar-refractivity contribution in [2.45, 2.75) is 6.92 Å². The third-order valence-corrected chi connectivity index (χ3v) is 3.01. The molecule has 0 atom stereocenters. The van der Waals surface area contributed by atoms with E-state index in [0.717, 1.165) is 12.1 Å². The minimum absolute atomic E-state index is 0.0341. The lowest BCUT2D eigenvalue weighted by molar-refractivity contribution is 0.102. The number of pyridine rings is 1. The number of benzene rings is 1. The number of nitriles is 1. The molecule has 0 saturated carbocycles. The molecule has 0 fully saturated rings. The van der Waals surface area contributed by atoms with Gasteiger partial charge >= 0.3 is 0 Å². The third kappa shape index (κ3) is 2.92. The fourth-order valence-corrected chi connectivity index (χ4v) is 1.71. The van der Waals surface area contributed by atoms with E-state index in [1.54, 1.807) is 25.1 Å². The average Bonchev–Trinajstić information content (AvgIpc) is 2.42. The van der Waals surface area contributed by atoms with Crippen molar-refractivity contribution in [2.24, 2.45) is 0 Å². The Morgan fingerprint density at radius 1 is 1.40 bits per heavy atom. The van der Waals surface area contributed by atoms with E-state index < -0.39 is 11.7 Å². The maximum Gasteiger partial charge on any atom is 0.258 e. The maximum atomic E-state index is 13.0. The second kappa shape index (κ2) is 5.68. The van der Waals surface area contributed by atoms with Gasteiger partial charge in [0.1, 0.15) is 17.7 Å². The highest BCUT2D eigenvalue weighted by Gasteiger charge is 2.13. The fourth-order valence-electron chi connectivity index (χ4n) is 1.60. The van der Waals surface area contributed by atoms with Crippen molar-refractivity contribution in [1.29, 1.82) is 5.26 Å². The van der Waals surface area contributed by atoms with E-state index in [-0.39, 0.29) is 11.1 Å². The number of aromatic nitrogens is 1. The van der Waals surface area contributed by atoms with Crippen LogP contribution in [0.15, 0.2) is 30.3 Å². The molecule has 0 radical (unpaired) electrons. The molecule has 0 aliphatic heterocycles. The topological polar surface area (TPSA) is 65.8 Å². The van der Waals surface area contributed by atoms with E-state index in [4.69, 9.17) is 16.9 Å². The van der Waals surface area contributed by atoms with Crippen LogP contribution in [-0.2, 0) is 0 Å². The van der Waals surface area contributed by atoms with Crippen molar-refractivity contribution in [1.82, 2.24) is 4.98 Å². The molecule has 0 aliphatic carbocycles. The number of halogens is 2. The summed E-state index contributed by atoms with van der Waals surface area (Å²) in [5.41, 5.74) is 0.626. The highest BCUT2D eigenvalue weighted by atomic mass is 35.5. The molecule has 2 aromatic rings. The molecule has 1 heterocycles. The van der Waals surface area contributed by atoms with Gasteiger partial charge in [0.25, 0.3) is 5.91 Å². The highest BCUT2D eigenvalue weighted by Crippen LogP contribution is 2.17. The number of nitrogens with one attached hydrogen (secondary N) is 1. The molecule has 0 spiro atoms. The Labute approximate surface area is 119 Å². The number of rotatable bonds is 2. The van der Waals surface area contributed by atoms with Crippen LogP contribution in [0.1, 0.15) is 21.6 Å². The highest BCUT2D eigenvalue weighted by molar-refractivity contribution is 6.31. The van der Waals surface area contributed by atoms with E-state index in [2.05, 4.69) is 10.3 Å². The number of aryl methyl sites for hydroxylation is 1. The predicted molar refractivity (Wildman–Crippen MR) is 73.1 cm³/mol. The summed E-state index contributed by atoms with van der Waals surface area (Å²) in [5, 5.41) is 11.9. The predicted octanol–water partition coefficient (Wildman–Crippen LogP) is 3.31. The number of amides is 1. The zero-order chi connectivity index (χ0) is 14.7. The van der Waals surface area contributed by atoms with Crippen LogP contribution in [0.25, 0.3) is 0 Å². The van der Waals surface area contributed by atoms with Gasteiger partial charge in [-0.3, -0.25) is 4.79 Å². The van der Waals surface area contributed by atoms with Gasteiger partial charge < -0.3 is 5.32 Å². The Morgan fingerprint density at radius 2 is 2.15 bits per heavy atom. The van der Waals surface area contributed by atoms with Crippen LogP contribution in [0.4, 0.5) is 10.2 Å². The lowest BCUT2D eigenvalue weighted by Crippen LogP contribution is -2.15. The molecule has 6 heteroatoms. The lowest BCUT2D eigenvalue weighted by atomic mass is 10.1. The summed E-state index contributed by atoms with van der Waals surface area (Å²) in [5.74, 6) is -0.792. The SMILES string of the molecule is Cc1nc(NC(=O)c2ccc(F)cc2C#N)ccc1Cl. The van der Waals surface area contributed by atoms with Crippen LogP contribution in [0.3, 0.4) is 0 Å². The number of carbonyl (C=O) groups excluding carboxylic acids is 1. The van der Waals surface area contributed by atoms with Crippen molar-refractivity contribution in [3.05, 3.63) is 58.0 Å². The van der Waals surface area contributed by atoms with Crippen molar-refractivity contribution in [3.63, 3.8) is 0 Å². The first-order chi connectivity index (χ1) is 9.51. The molecule has 1 N–H and O–H groups in total. The maximum absolute atomic E-state index is 13.0. The molecular formula is C14H9ClFN3O. The van der Waals surface area contributed by atoms with Crippen LogP contribution >= 0.6 is 11.6 Å². The van der Waals surface area contributed by atoms with E-state index in [0.29, 0.717) is 16.5 Å². The molecule has 1 aromatic carbocycles. The standard InChI is InChI=1S/C14H9ClFN3O/c1-8-12(15)4-5-13(18-8)19-14(20)11-3-2-10(16)6-9(11)7-17/h2-6H,1H3,(H,18,19,20). The summed E-state index contributed by atoms with van der Waals surface area (Å²) in [4.78, 5) is 16.1. The molecule has 0 aliphatic rings. The minimum atomic E-state index is -0.571. The van der Waals surface area contributed by atoms with E-state index >= 15 is 0 Å². The first-order valence-corrected chi connectivity index (χ1v) is 6.03. The Balaban J connectivity index is 2.28. The lowest BCUT2D eigenvalue weighted by Gasteiger charge is -2.07. The van der Waals surface area contributed by atoms with Crippen LogP contribution < -0.4 is 5.32 Å². The summed E-state index contributed by atoms with van der Waals surface area (Å²) >= 11 is 5.84. The van der Waals surface area contributed by atoms with Crippen LogP contribution in [0.5, 0.6) is 0 Å². The molecule has 0 saturated heterocycles. The van der Waals surface area contributed by atoms with Gasteiger partial charge in [0.2, 0.25) is 0 Å². The van der Waals surface area contributed by atoms with E-state index in [9.17, 15) is 9.18 Å². The molecule has 0 unspecified atom stereocenters. The van der Waals surface area contributed by atoms with Crippen molar-refractivity contribution in [2.75, 3.05) is 5.32 Å². The van der Waals surface area contributed by atoms with Gasteiger partial charge in [-0.05, 0) is 37.3 Å². The summed E-state index contributed by atoms with van der Waals surface area (Å²) in [6, 6.07) is 8.32. The summed E-state index contributed by atoms with van der Waals surface area (Å²) in [6.45, 7) is 1.70. The molecule has 20 heavy (non-hydrogen) atoms. The first kappa shape index (κ1) is 14.0.